The van der Waals surface area contributed by atoms with Crippen LogP contribution in [-0.4, -0.2) is 23.4 Å². The molecule has 0 amide bonds. The minimum absolute atomic E-state index is 0.802. The first-order valence-corrected chi connectivity index (χ1v) is 5.58. The van der Waals surface area contributed by atoms with Crippen LogP contribution in [0.4, 0.5) is 11.5 Å². The summed E-state index contributed by atoms with van der Waals surface area (Å²) >= 11 is 0. The van der Waals surface area contributed by atoms with E-state index in [0.29, 0.717) is 0 Å². The van der Waals surface area contributed by atoms with Gasteiger partial charge >= 0.3 is 0 Å². The number of rotatable bonds is 5. The molecule has 1 aromatic rings. The quantitative estimate of drug-likeness (QED) is 0.755. The summed E-state index contributed by atoms with van der Waals surface area (Å²) in [6.07, 6.45) is 3.71. The van der Waals surface area contributed by atoms with Crippen LogP contribution in [0.3, 0.4) is 0 Å². The lowest BCUT2D eigenvalue weighted by atomic mass is 10.2. The van der Waals surface area contributed by atoms with Crippen molar-refractivity contribution in [1.82, 2.24) is 9.78 Å². The van der Waals surface area contributed by atoms with Gasteiger partial charge in [0.05, 0.1) is 11.4 Å². The molecule has 0 spiro atoms. The molecular formula is C11H22N4. The number of unbranched alkanes of at least 4 members (excludes halogenated alkanes) is 2. The van der Waals surface area contributed by atoms with Crippen LogP contribution in [-0.2, 0) is 7.05 Å². The normalized spacial score (nSPS) is 10.7. The average molecular weight is 210 g/mol. The van der Waals surface area contributed by atoms with Gasteiger partial charge in [0, 0.05) is 20.6 Å². The highest BCUT2D eigenvalue weighted by Crippen LogP contribution is 2.24. The topological polar surface area (TPSA) is 47.1 Å². The molecule has 0 fully saturated rings. The van der Waals surface area contributed by atoms with Gasteiger partial charge in [0.25, 0.3) is 0 Å². The van der Waals surface area contributed by atoms with Crippen LogP contribution in [0, 0.1) is 6.92 Å². The van der Waals surface area contributed by atoms with Crippen LogP contribution in [0.2, 0.25) is 0 Å². The van der Waals surface area contributed by atoms with E-state index in [1.165, 1.54) is 19.3 Å². The van der Waals surface area contributed by atoms with Gasteiger partial charge in [-0.15, -0.1) is 0 Å². The Morgan fingerprint density at radius 3 is 2.53 bits per heavy atom. The summed E-state index contributed by atoms with van der Waals surface area (Å²) in [7, 11) is 4.01. The van der Waals surface area contributed by atoms with E-state index >= 15 is 0 Å². The van der Waals surface area contributed by atoms with E-state index in [4.69, 9.17) is 5.73 Å². The Kier molecular flexibility index (Phi) is 4.00. The molecule has 1 heterocycles. The molecule has 0 radical (unpaired) electrons. The van der Waals surface area contributed by atoms with Gasteiger partial charge in [-0.25, -0.2) is 0 Å². The van der Waals surface area contributed by atoms with E-state index in [-0.39, 0.29) is 0 Å². The van der Waals surface area contributed by atoms with Crippen molar-refractivity contribution in [2.75, 3.05) is 24.2 Å². The van der Waals surface area contributed by atoms with Gasteiger partial charge < -0.3 is 10.6 Å². The number of nitrogens with zero attached hydrogens (tertiary/aromatic N) is 3. The Hall–Kier alpha value is -1.19. The van der Waals surface area contributed by atoms with E-state index in [9.17, 15) is 0 Å². The first kappa shape index (κ1) is 11.9. The second-order valence-corrected chi connectivity index (χ2v) is 4.07. The highest BCUT2D eigenvalue weighted by atomic mass is 15.4. The summed E-state index contributed by atoms with van der Waals surface area (Å²) in [6.45, 7) is 5.19. The van der Waals surface area contributed by atoms with E-state index in [2.05, 4.69) is 24.0 Å². The summed E-state index contributed by atoms with van der Waals surface area (Å²) in [5.41, 5.74) is 7.70. The van der Waals surface area contributed by atoms with Crippen molar-refractivity contribution in [2.24, 2.45) is 7.05 Å². The van der Waals surface area contributed by atoms with Gasteiger partial charge in [-0.05, 0) is 13.3 Å². The summed E-state index contributed by atoms with van der Waals surface area (Å²) in [5, 5.41) is 4.31. The molecule has 0 saturated heterocycles. The van der Waals surface area contributed by atoms with Crippen LogP contribution in [0.25, 0.3) is 0 Å². The molecule has 0 bridgehead atoms. The van der Waals surface area contributed by atoms with Gasteiger partial charge in [-0.1, -0.05) is 19.8 Å². The van der Waals surface area contributed by atoms with Crippen LogP contribution < -0.4 is 10.6 Å². The first-order chi connectivity index (χ1) is 7.07. The molecule has 0 saturated carbocycles. The second-order valence-electron chi connectivity index (χ2n) is 4.07. The lowest BCUT2D eigenvalue weighted by Gasteiger charge is -2.19. The van der Waals surface area contributed by atoms with Crippen molar-refractivity contribution in [3.63, 3.8) is 0 Å². The maximum Gasteiger partial charge on any atom is 0.150 e. The molecular weight excluding hydrogens is 188 g/mol. The molecule has 0 aliphatic heterocycles. The van der Waals surface area contributed by atoms with Crippen molar-refractivity contribution < 1.29 is 0 Å². The SMILES string of the molecule is CCCCCN(C)c1c(N)c(C)nn1C. The number of anilines is 2. The predicted octanol–water partition coefficient (Wildman–Crippen LogP) is 1.94. The standard InChI is InChI=1S/C11H22N4/c1-5-6-7-8-14(3)11-10(12)9(2)13-15(11)4/h5-8,12H2,1-4H3. The molecule has 4 heteroatoms. The average Bonchev–Trinajstić information content (AvgIpc) is 2.41. The molecule has 15 heavy (non-hydrogen) atoms. The second kappa shape index (κ2) is 5.05. The third-order valence-electron chi connectivity index (χ3n) is 2.70. The Morgan fingerprint density at radius 1 is 1.40 bits per heavy atom. The summed E-state index contributed by atoms with van der Waals surface area (Å²) < 4.78 is 1.86. The van der Waals surface area contributed by atoms with Crippen molar-refractivity contribution in [1.29, 1.82) is 0 Å². The van der Waals surface area contributed by atoms with Crippen LogP contribution in [0.15, 0.2) is 0 Å². The van der Waals surface area contributed by atoms with E-state index < -0.39 is 0 Å². The molecule has 1 rings (SSSR count). The zero-order chi connectivity index (χ0) is 11.4. The van der Waals surface area contributed by atoms with E-state index in [1.54, 1.807) is 0 Å². The monoisotopic (exact) mass is 210 g/mol. The summed E-state index contributed by atoms with van der Waals surface area (Å²) in [4.78, 5) is 2.19. The highest BCUT2D eigenvalue weighted by molar-refractivity contribution is 5.65. The van der Waals surface area contributed by atoms with Gasteiger partial charge in [0.2, 0.25) is 0 Å². The molecule has 0 atom stereocenters. The Morgan fingerprint density at radius 2 is 2.07 bits per heavy atom. The molecule has 0 unspecified atom stereocenters. The summed E-state index contributed by atoms with van der Waals surface area (Å²) in [6, 6.07) is 0. The van der Waals surface area contributed by atoms with Crippen LogP contribution in [0.1, 0.15) is 31.9 Å². The Balaban J connectivity index is 2.68. The van der Waals surface area contributed by atoms with Crippen molar-refractivity contribution in [3.8, 4) is 0 Å². The minimum Gasteiger partial charge on any atom is -0.394 e. The molecule has 2 N–H and O–H groups in total. The fraction of sp³-hybridized carbons (Fsp3) is 0.727. The third kappa shape index (κ3) is 2.64. The Bertz CT molecular complexity index is 317. The predicted molar refractivity (Wildman–Crippen MR) is 65.2 cm³/mol. The van der Waals surface area contributed by atoms with Gasteiger partial charge in [-0.2, -0.15) is 5.10 Å². The third-order valence-corrected chi connectivity index (χ3v) is 2.70. The molecule has 0 aromatic carbocycles. The fourth-order valence-corrected chi connectivity index (χ4v) is 1.82. The van der Waals surface area contributed by atoms with Gasteiger partial charge in [-0.3, -0.25) is 4.68 Å². The maximum atomic E-state index is 5.98. The minimum atomic E-state index is 0.802. The van der Waals surface area contributed by atoms with Crippen LogP contribution in [0.5, 0.6) is 0 Å². The molecule has 4 nitrogen and oxygen atoms in total. The molecule has 86 valence electrons. The smallest absolute Gasteiger partial charge is 0.150 e. The van der Waals surface area contributed by atoms with Gasteiger partial charge in [0.1, 0.15) is 5.82 Å². The number of aromatic nitrogens is 2. The lowest BCUT2D eigenvalue weighted by molar-refractivity contribution is 0.676. The first-order valence-electron chi connectivity index (χ1n) is 5.58. The fourth-order valence-electron chi connectivity index (χ4n) is 1.82. The van der Waals surface area contributed by atoms with E-state index in [1.807, 2.05) is 18.7 Å². The Labute approximate surface area is 92.1 Å². The lowest BCUT2D eigenvalue weighted by Crippen LogP contribution is -2.22. The zero-order valence-corrected chi connectivity index (χ0v) is 10.2. The molecule has 1 aromatic heterocycles. The number of nitrogens with two attached hydrogens (primary N) is 1. The van der Waals surface area contributed by atoms with Crippen molar-refractivity contribution in [3.05, 3.63) is 5.69 Å². The number of aryl methyl sites for hydroxylation is 2. The number of nitrogen functional groups attached to an aromatic ring is 1. The summed E-state index contributed by atoms with van der Waals surface area (Å²) in [5.74, 6) is 1.03. The van der Waals surface area contributed by atoms with Crippen molar-refractivity contribution >= 4 is 11.5 Å². The maximum absolute atomic E-state index is 5.98. The molecule has 0 aliphatic carbocycles. The largest absolute Gasteiger partial charge is 0.394 e. The zero-order valence-electron chi connectivity index (χ0n) is 10.2. The number of hydrogen-bond acceptors (Lipinski definition) is 3. The van der Waals surface area contributed by atoms with Crippen molar-refractivity contribution in [2.45, 2.75) is 33.1 Å². The van der Waals surface area contributed by atoms with Gasteiger partial charge in [0.15, 0.2) is 0 Å². The molecule has 0 aliphatic rings. The number of hydrogen-bond donors (Lipinski definition) is 1. The van der Waals surface area contributed by atoms with Crippen LogP contribution >= 0.6 is 0 Å². The highest BCUT2D eigenvalue weighted by Gasteiger charge is 2.13. The van der Waals surface area contributed by atoms with E-state index in [0.717, 1.165) is 23.7 Å².